The number of nitrogens with zero attached hydrogens (tertiary/aromatic N) is 2. The van der Waals surface area contributed by atoms with Crippen molar-refractivity contribution in [3.05, 3.63) is 11.9 Å². The van der Waals surface area contributed by atoms with Gasteiger partial charge in [-0.15, -0.1) is 0 Å². The SMILES string of the molecule is CCn1ncc(OC)c1CN. The highest BCUT2D eigenvalue weighted by atomic mass is 16.5. The van der Waals surface area contributed by atoms with Crippen molar-refractivity contribution in [2.75, 3.05) is 7.11 Å². The fraction of sp³-hybridized carbons (Fsp3) is 0.571. The number of ether oxygens (including phenoxy) is 1. The molecule has 0 saturated heterocycles. The van der Waals surface area contributed by atoms with Crippen LogP contribution in [-0.2, 0) is 13.1 Å². The zero-order valence-electron chi connectivity index (χ0n) is 6.87. The molecule has 0 bridgehead atoms. The van der Waals surface area contributed by atoms with Gasteiger partial charge in [0.2, 0.25) is 0 Å². The van der Waals surface area contributed by atoms with Crippen LogP contribution in [0, 0.1) is 0 Å². The molecule has 0 aliphatic rings. The number of aryl methyl sites for hydroxylation is 1. The molecule has 1 heterocycles. The summed E-state index contributed by atoms with van der Waals surface area (Å²) in [7, 11) is 1.62. The highest BCUT2D eigenvalue weighted by Crippen LogP contribution is 2.15. The number of methoxy groups -OCH3 is 1. The van der Waals surface area contributed by atoms with Gasteiger partial charge in [-0.3, -0.25) is 4.68 Å². The van der Waals surface area contributed by atoms with Crippen molar-refractivity contribution in [3.63, 3.8) is 0 Å². The third-order valence-electron chi connectivity index (χ3n) is 1.62. The molecule has 1 rings (SSSR count). The summed E-state index contributed by atoms with van der Waals surface area (Å²) in [6.07, 6.45) is 1.69. The van der Waals surface area contributed by atoms with E-state index in [0.29, 0.717) is 6.54 Å². The van der Waals surface area contributed by atoms with E-state index in [0.717, 1.165) is 18.0 Å². The second kappa shape index (κ2) is 3.39. The van der Waals surface area contributed by atoms with Gasteiger partial charge in [0.05, 0.1) is 19.0 Å². The molecular formula is C7H13N3O. The maximum atomic E-state index is 5.51. The molecule has 0 aromatic carbocycles. The molecule has 0 fully saturated rings. The van der Waals surface area contributed by atoms with Crippen LogP contribution in [0.2, 0.25) is 0 Å². The summed E-state index contributed by atoms with van der Waals surface area (Å²) in [5.41, 5.74) is 6.46. The van der Waals surface area contributed by atoms with Crippen LogP contribution in [0.1, 0.15) is 12.6 Å². The topological polar surface area (TPSA) is 53.1 Å². The molecular weight excluding hydrogens is 142 g/mol. The number of aromatic nitrogens is 2. The molecule has 2 N–H and O–H groups in total. The predicted molar refractivity (Wildman–Crippen MR) is 42.3 cm³/mol. The first-order valence-electron chi connectivity index (χ1n) is 3.62. The first kappa shape index (κ1) is 8.07. The Bertz CT molecular complexity index is 210. The van der Waals surface area contributed by atoms with E-state index in [-0.39, 0.29) is 0 Å². The Kier molecular flexibility index (Phi) is 2.48. The fourth-order valence-electron chi connectivity index (χ4n) is 1.04. The van der Waals surface area contributed by atoms with Gasteiger partial charge in [-0.05, 0) is 6.92 Å². The lowest BCUT2D eigenvalue weighted by Crippen LogP contribution is -2.08. The number of hydrogen-bond donors (Lipinski definition) is 1. The van der Waals surface area contributed by atoms with Crippen molar-refractivity contribution in [2.24, 2.45) is 5.73 Å². The summed E-state index contributed by atoms with van der Waals surface area (Å²) < 4.78 is 6.89. The second-order valence-corrected chi connectivity index (χ2v) is 2.18. The van der Waals surface area contributed by atoms with Gasteiger partial charge >= 0.3 is 0 Å². The van der Waals surface area contributed by atoms with Gasteiger partial charge in [-0.1, -0.05) is 0 Å². The first-order valence-corrected chi connectivity index (χ1v) is 3.62. The van der Waals surface area contributed by atoms with Gasteiger partial charge < -0.3 is 10.5 Å². The second-order valence-electron chi connectivity index (χ2n) is 2.18. The molecule has 0 aliphatic heterocycles. The van der Waals surface area contributed by atoms with E-state index in [9.17, 15) is 0 Å². The van der Waals surface area contributed by atoms with Gasteiger partial charge in [0.25, 0.3) is 0 Å². The van der Waals surface area contributed by atoms with E-state index < -0.39 is 0 Å². The zero-order chi connectivity index (χ0) is 8.27. The van der Waals surface area contributed by atoms with Crippen LogP contribution in [0.3, 0.4) is 0 Å². The van der Waals surface area contributed by atoms with Crippen LogP contribution in [0.5, 0.6) is 5.75 Å². The number of hydrogen-bond acceptors (Lipinski definition) is 3. The van der Waals surface area contributed by atoms with E-state index in [4.69, 9.17) is 10.5 Å². The van der Waals surface area contributed by atoms with Crippen LogP contribution >= 0.6 is 0 Å². The lowest BCUT2D eigenvalue weighted by Gasteiger charge is -2.02. The van der Waals surface area contributed by atoms with Crippen LogP contribution in [0.15, 0.2) is 6.20 Å². The van der Waals surface area contributed by atoms with Crippen molar-refractivity contribution >= 4 is 0 Å². The summed E-state index contributed by atoms with van der Waals surface area (Å²) in [6, 6.07) is 0. The summed E-state index contributed by atoms with van der Waals surface area (Å²) >= 11 is 0. The fourth-order valence-corrected chi connectivity index (χ4v) is 1.04. The maximum Gasteiger partial charge on any atom is 0.161 e. The summed E-state index contributed by atoms with van der Waals surface area (Å²) in [6.45, 7) is 3.32. The van der Waals surface area contributed by atoms with Crippen molar-refractivity contribution in [1.82, 2.24) is 9.78 Å². The van der Waals surface area contributed by atoms with Crippen LogP contribution < -0.4 is 10.5 Å². The van der Waals surface area contributed by atoms with Gasteiger partial charge in [0, 0.05) is 13.1 Å². The number of rotatable bonds is 3. The Morgan fingerprint density at radius 2 is 2.45 bits per heavy atom. The summed E-state index contributed by atoms with van der Waals surface area (Å²) in [5.74, 6) is 0.773. The smallest absolute Gasteiger partial charge is 0.161 e. The van der Waals surface area contributed by atoms with Crippen LogP contribution in [0.4, 0.5) is 0 Å². The maximum absolute atomic E-state index is 5.51. The van der Waals surface area contributed by atoms with Crippen molar-refractivity contribution in [3.8, 4) is 5.75 Å². The van der Waals surface area contributed by atoms with E-state index in [1.165, 1.54) is 0 Å². The minimum Gasteiger partial charge on any atom is -0.493 e. The van der Waals surface area contributed by atoms with Crippen molar-refractivity contribution in [2.45, 2.75) is 20.0 Å². The quantitative estimate of drug-likeness (QED) is 0.686. The van der Waals surface area contributed by atoms with Gasteiger partial charge in [-0.2, -0.15) is 5.10 Å². The average molecular weight is 155 g/mol. The molecule has 4 heteroatoms. The van der Waals surface area contributed by atoms with Crippen molar-refractivity contribution < 1.29 is 4.74 Å². The first-order chi connectivity index (χ1) is 5.33. The molecule has 1 aromatic heterocycles. The molecule has 62 valence electrons. The summed E-state index contributed by atoms with van der Waals surface area (Å²) in [4.78, 5) is 0. The largest absolute Gasteiger partial charge is 0.493 e. The Hall–Kier alpha value is -1.03. The average Bonchev–Trinajstić information content (AvgIpc) is 2.45. The Morgan fingerprint density at radius 3 is 2.91 bits per heavy atom. The molecule has 0 radical (unpaired) electrons. The molecule has 0 amide bonds. The van der Waals surface area contributed by atoms with Crippen LogP contribution in [-0.4, -0.2) is 16.9 Å². The van der Waals surface area contributed by atoms with Crippen LogP contribution in [0.25, 0.3) is 0 Å². The van der Waals surface area contributed by atoms with E-state index >= 15 is 0 Å². The standard InChI is InChI=1S/C7H13N3O/c1-3-10-6(4-8)7(11-2)5-9-10/h5H,3-4,8H2,1-2H3. The minimum atomic E-state index is 0.469. The van der Waals surface area contributed by atoms with E-state index in [2.05, 4.69) is 5.10 Å². The highest BCUT2D eigenvalue weighted by Gasteiger charge is 2.06. The molecule has 0 unspecified atom stereocenters. The molecule has 0 aliphatic carbocycles. The monoisotopic (exact) mass is 155 g/mol. The molecule has 0 atom stereocenters. The predicted octanol–water partition coefficient (Wildman–Crippen LogP) is 0.370. The molecule has 0 spiro atoms. The Morgan fingerprint density at radius 1 is 1.73 bits per heavy atom. The molecule has 1 aromatic rings. The van der Waals surface area contributed by atoms with E-state index in [1.54, 1.807) is 13.3 Å². The minimum absolute atomic E-state index is 0.469. The number of nitrogens with two attached hydrogens (primary N) is 1. The lowest BCUT2D eigenvalue weighted by atomic mass is 10.4. The Labute approximate surface area is 66.0 Å². The van der Waals surface area contributed by atoms with E-state index in [1.807, 2.05) is 11.6 Å². The highest BCUT2D eigenvalue weighted by molar-refractivity contribution is 5.24. The molecule has 0 saturated carbocycles. The molecule has 4 nitrogen and oxygen atoms in total. The van der Waals surface area contributed by atoms with Gasteiger partial charge in [-0.25, -0.2) is 0 Å². The zero-order valence-corrected chi connectivity index (χ0v) is 6.87. The molecule has 11 heavy (non-hydrogen) atoms. The summed E-state index contributed by atoms with van der Waals surface area (Å²) in [5, 5.41) is 4.09. The Balaban J connectivity index is 2.99. The van der Waals surface area contributed by atoms with Gasteiger partial charge in [0.1, 0.15) is 0 Å². The third-order valence-corrected chi connectivity index (χ3v) is 1.62. The lowest BCUT2D eigenvalue weighted by molar-refractivity contribution is 0.407. The van der Waals surface area contributed by atoms with Gasteiger partial charge in [0.15, 0.2) is 5.75 Å². The third kappa shape index (κ3) is 1.35. The van der Waals surface area contributed by atoms with Crippen molar-refractivity contribution in [1.29, 1.82) is 0 Å². The normalized spacial score (nSPS) is 10.1.